The maximum atomic E-state index is 12.9. The molecule has 74 valence electrons. The largest absolute Gasteiger partial charge is 0.312 e. The maximum Gasteiger partial charge on any atom is 0.124 e. The minimum Gasteiger partial charge on any atom is -0.312 e. The zero-order valence-corrected chi connectivity index (χ0v) is 9.27. The molecule has 0 saturated carbocycles. The van der Waals surface area contributed by atoms with E-state index in [0.29, 0.717) is 13.0 Å². The first-order valence-electron chi connectivity index (χ1n) is 4.31. The quantitative estimate of drug-likeness (QED) is 0.645. The molecule has 0 aliphatic carbocycles. The minimum absolute atomic E-state index is 0.229. The Kier molecular flexibility index (Phi) is 4.64. The van der Waals surface area contributed by atoms with E-state index in [9.17, 15) is 4.39 Å². The third kappa shape index (κ3) is 3.91. The molecule has 0 radical (unpaired) electrons. The number of terminal acetylenes is 1. The lowest BCUT2D eigenvalue weighted by molar-refractivity contribution is 0.620. The molecular formula is C11H11BrFN. The van der Waals surface area contributed by atoms with Gasteiger partial charge in [0.15, 0.2) is 0 Å². The molecule has 0 unspecified atom stereocenters. The first-order chi connectivity index (χ1) is 6.72. The maximum absolute atomic E-state index is 12.9. The van der Waals surface area contributed by atoms with Crippen LogP contribution in [0.1, 0.15) is 12.0 Å². The molecule has 0 aliphatic heterocycles. The van der Waals surface area contributed by atoms with Crippen molar-refractivity contribution in [3.05, 3.63) is 34.1 Å². The summed E-state index contributed by atoms with van der Waals surface area (Å²) in [6.45, 7) is 1.39. The second kappa shape index (κ2) is 5.79. The number of rotatable bonds is 4. The summed E-state index contributed by atoms with van der Waals surface area (Å²) in [7, 11) is 0. The molecule has 0 aliphatic rings. The van der Waals surface area contributed by atoms with Crippen molar-refractivity contribution in [1.29, 1.82) is 0 Å². The van der Waals surface area contributed by atoms with Crippen molar-refractivity contribution < 1.29 is 4.39 Å². The smallest absolute Gasteiger partial charge is 0.124 e. The van der Waals surface area contributed by atoms with Gasteiger partial charge < -0.3 is 5.32 Å². The van der Waals surface area contributed by atoms with Gasteiger partial charge in [0.25, 0.3) is 0 Å². The zero-order valence-electron chi connectivity index (χ0n) is 7.69. The second-order valence-electron chi connectivity index (χ2n) is 2.91. The van der Waals surface area contributed by atoms with E-state index in [-0.39, 0.29) is 5.82 Å². The highest BCUT2D eigenvalue weighted by atomic mass is 79.9. The van der Waals surface area contributed by atoms with E-state index >= 15 is 0 Å². The van der Waals surface area contributed by atoms with Crippen molar-refractivity contribution in [2.45, 2.75) is 13.0 Å². The van der Waals surface area contributed by atoms with Crippen LogP contribution in [0.4, 0.5) is 4.39 Å². The van der Waals surface area contributed by atoms with Gasteiger partial charge in [0.05, 0.1) is 0 Å². The fourth-order valence-corrected chi connectivity index (χ4v) is 1.62. The third-order valence-corrected chi connectivity index (χ3v) is 2.16. The van der Waals surface area contributed by atoms with Gasteiger partial charge in [0.2, 0.25) is 0 Å². The molecule has 0 atom stereocenters. The van der Waals surface area contributed by atoms with Crippen LogP contribution in [0.25, 0.3) is 0 Å². The predicted molar refractivity (Wildman–Crippen MR) is 59.3 cm³/mol. The molecule has 14 heavy (non-hydrogen) atoms. The van der Waals surface area contributed by atoms with Gasteiger partial charge in [-0.05, 0) is 23.8 Å². The van der Waals surface area contributed by atoms with E-state index in [1.54, 1.807) is 0 Å². The molecule has 0 bridgehead atoms. The second-order valence-corrected chi connectivity index (χ2v) is 3.82. The Morgan fingerprint density at radius 3 is 2.86 bits per heavy atom. The normalized spacial score (nSPS) is 9.79. The first kappa shape index (κ1) is 11.2. The summed E-state index contributed by atoms with van der Waals surface area (Å²) in [4.78, 5) is 0. The number of nitrogens with one attached hydrogen (secondary N) is 1. The number of hydrogen-bond donors (Lipinski definition) is 1. The van der Waals surface area contributed by atoms with Gasteiger partial charge in [-0.25, -0.2) is 4.39 Å². The highest BCUT2D eigenvalue weighted by Gasteiger charge is 1.98. The summed E-state index contributed by atoms with van der Waals surface area (Å²) in [5.74, 6) is 2.30. The van der Waals surface area contributed by atoms with Gasteiger partial charge >= 0.3 is 0 Å². The molecule has 1 aromatic rings. The average Bonchev–Trinajstić information content (AvgIpc) is 2.11. The van der Waals surface area contributed by atoms with Crippen molar-refractivity contribution in [3.63, 3.8) is 0 Å². The number of halogens is 2. The Hall–Kier alpha value is -0.850. The van der Waals surface area contributed by atoms with Crippen LogP contribution >= 0.6 is 15.9 Å². The summed E-state index contributed by atoms with van der Waals surface area (Å²) in [5, 5.41) is 3.13. The van der Waals surface area contributed by atoms with Crippen LogP contribution < -0.4 is 5.32 Å². The Morgan fingerprint density at radius 2 is 2.21 bits per heavy atom. The summed E-state index contributed by atoms with van der Waals surface area (Å²) >= 11 is 3.24. The molecule has 1 N–H and O–H groups in total. The monoisotopic (exact) mass is 255 g/mol. The van der Waals surface area contributed by atoms with E-state index in [1.165, 1.54) is 12.1 Å². The number of benzene rings is 1. The minimum atomic E-state index is -0.229. The lowest BCUT2D eigenvalue weighted by Gasteiger charge is -2.03. The lowest BCUT2D eigenvalue weighted by Crippen LogP contribution is -2.14. The van der Waals surface area contributed by atoms with Crippen LogP contribution in [0.15, 0.2) is 22.7 Å². The van der Waals surface area contributed by atoms with Gasteiger partial charge in [-0.2, -0.15) is 0 Å². The van der Waals surface area contributed by atoms with Gasteiger partial charge in [-0.1, -0.05) is 15.9 Å². The summed E-state index contributed by atoms with van der Waals surface area (Å²) in [6.07, 6.45) is 5.79. The van der Waals surface area contributed by atoms with Crippen LogP contribution in [0.3, 0.4) is 0 Å². The van der Waals surface area contributed by atoms with Crippen molar-refractivity contribution in [2.24, 2.45) is 0 Å². The van der Waals surface area contributed by atoms with Gasteiger partial charge in [-0.3, -0.25) is 0 Å². The molecule has 0 heterocycles. The van der Waals surface area contributed by atoms with E-state index in [0.717, 1.165) is 16.6 Å². The summed E-state index contributed by atoms with van der Waals surface area (Å²) in [5.41, 5.74) is 0.911. The highest BCUT2D eigenvalue weighted by Crippen LogP contribution is 2.14. The molecule has 0 aromatic heterocycles. The Bertz CT molecular complexity index is 323. The van der Waals surface area contributed by atoms with Crippen molar-refractivity contribution in [2.75, 3.05) is 6.54 Å². The highest BCUT2D eigenvalue weighted by molar-refractivity contribution is 9.10. The SMILES string of the molecule is C#CCCNCc1cc(F)cc(Br)c1. The fourth-order valence-electron chi connectivity index (χ4n) is 1.11. The molecule has 0 fully saturated rings. The van der Waals surface area contributed by atoms with Crippen LogP contribution in [0.5, 0.6) is 0 Å². The zero-order chi connectivity index (χ0) is 10.4. The lowest BCUT2D eigenvalue weighted by atomic mass is 10.2. The van der Waals surface area contributed by atoms with Crippen molar-refractivity contribution in [1.82, 2.24) is 5.32 Å². The van der Waals surface area contributed by atoms with Crippen LogP contribution in [0, 0.1) is 18.2 Å². The molecule has 0 spiro atoms. The van der Waals surface area contributed by atoms with Crippen LogP contribution in [-0.2, 0) is 6.54 Å². The molecule has 1 nitrogen and oxygen atoms in total. The molecule has 1 aromatic carbocycles. The van der Waals surface area contributed by atoms with Crippen molar-refractivity contribution in [3.8, 4) is 12.3 Å². The summed E-state index contributed by atoms with van der Waals surface area (Å²) < 4.78 is 13.7. The first-order valence-corrected chi connectivity index (χ1v) is 5.11. The molecule has 0 amide bonds. The standard InChI is InChI=1S/C11H11BrFN/c1-2-3-4-14-8-9-5-10(12)7-11(13)6-9/h1,5-7,14H,3-4,8H2. The molecule has 0 saturated heterocycles. The van der Waals surface area contributed by atoms with Crippen LogP contribution in [0.2, 0.25) is 0 Å². The molecule has 1 rings (SSSR count). The van der Waals surface area contributed by atoms with E-state index in [1.807, 2.05) is 6.07 Å². The fraction of sp³-hybridized carbons (Fsp3) is 0.273. The van der Waals surface area contributed by atoms with Crippen molar-refractivity contribution >= 4 is 15.9 Å². The third-order valence-electron chi connectivity index (χ3n) is 1.70. The van der Waals surface area contributed by atoms with E-state index < -0.39 is 0 Å². The Morgan fingerprint density at radius 1 is 1.43 bits per heavy atom. The summed E-state index contributed by atoms with van der Waals surface area (Å²) in [6, 6.07) is 4.82. The molecular weight excluding hydrogens is 245 g/mol. The van der Waals surface area contributed by atoms with Gasteiger partial charge in [0.1, 0.15) is 5.82 Å². The predicted octanol–water partition coefficient (Wildman–Crippen LogP) is 2.70. The van der Waals surface area contributed by atoms with Gasteiger partial charge in [-0.15, -0.1) is 12.3 Å². The van der Waals surface area contributed by atoms with E-state index in [2.05, 4.69) is 27.2 Å². The Balaban J connectivity index is 2.47. The van der Waals surface area contributed by atoms with Gasteiger partial charge in [0, 0.05) is 24.0 Å². The van der Waals surface area contributed by atoms with Crippen LogP contribution in [-0.4, -0.2) is 6.54 Å². The topological polar surface area (TPSA) is 12.0 Å². The van der Waals surface area contributed by atoms with E-state index in [4.69, 9.17) is 6.42 Å². The Labute approximate surface area is 91.8 Å². The number of hydrogen-bond acceptors (Lipinski definition) is 1. The average molecular weight is 256 g/mol. The molecule has 3 heteroatoms.